The zero-order chi connectivity index (χ0) is 21.6. The number of amides is 1. The number of nitrogens with one attached hydrogen (secondary N) is 1. The van der Waals surface area contributed by atoms with Crippen LogP contribution in [-0.2, 0) is 0 Å². The number of halogens is 1. The van der Waals surface area contributed by atoms with E-state index in [4.69, 9.17) is 11.6 Å². The van der Waals surface area contributed by atoms with E-state index in [0.29, 0.717) is 10.6 Å². The number of hydrogen-bond donors (Lipinski definition) is 1. The van der Waals surface area contributed by atoms with Crippen LogP contribution >= 0.6 is 11.6 Å². The van der Waals surface area contributed by atoms with Crippen LogP contribution < -0.4 is 10.2 Å². The normalized spacial score (nSPS) is 18.2. The van der Waals surface area contributed by atoms with Crippen molar-refractivity contribution >= 4 is 29.0 Å². The van der Waals surface area contributed by atoms with Crippen LogP contribution in [-0.4, -0.2) is 48.5 Å². The van der Waals surface area contributed by atoms with Crippen molar-refractivity contribution in [2.45, 2.75) is 45.4 Å². The number of anilines is 2. The number of piperidine rings is 2. The third-order valence-corrected chi connectivity index (χ3v) is 7.09. The number of rotatable bonds is 6. The summed E-state index contributed by atoms with van der Waals surface area (Å²) >= 11 is 6.20. The van der Waals surface area contributed by atoms with E-state index in [0.717, 1.165) is 36.1 Å². The first-order valence-corrected chi connectivity index (χ1v) is 12.0. The molecule has 5 nitrogen and oxygen atoms in total. The third kappa shape index (κ3) is 5.78. The second-order valence-electron chi connectivity index (χ2n) is 8.91. The van der Waals surface area contributed by atoms with Gasteiger partial charge >= 0.3 is 0 Å². The molecule has 2 saturated heterocycles. The summed E-state index contributed by atoms with van der Waals surface area (Å²) in [5.41, 5.74) is 2.28. The molecule has 0 unspecified atom stereocenters. The molecule has 3 heterocycles. The minimum atomic E-state index is -0.160. The van der Waals surface area contributed by atoms with E-state index < -0.39 is 0 Å². The highest BCUT2D eigenvalue weighted by Crippen LogP contribution is 2.30. The van der Waals surface area contributed by atoms with Crippen LogP contribution in [0.5, 0.6) is 0 Å². The molecule has 0 radical (unpaired) electrons. The van der Waals surface area contributed by atoms with Crippen molar-refractivity contribution in [1.82, 2.24) is 9.88 Å². The van der Waals surface area contributed by atoms with Crippen molar-refractivity contribution in [3.8, 4) is 0 Å². The molecular formula is C25H33ClN4O. The van der Waals surface area contributed by atoms with Gasteiger partial charge in [0, 0.05) is 29.9 Å². The van der Waals surface area contributed by atoms with E-state index >= 15 is 0 Å². The van der Waals surface area contributed by atoms with Crippen LogP contribution in [0.15, 0.2) is 36.5 Å². The molecule has 1 amide bonds. The van der Waals surface area contributed by atoms with Crippen LogP contribution in [0.4, 0.5) is 11.5 Å². The molecule has 1 N–H and O–H groups in total. The molecule has 166 valence electrons. The summed E-state index contributed by atoms with van der Waals surface area (Å²) in [5, 5.41) is 3.64. The zero-order valence-corrected chi connectivity index (χ0v) is 19.2. The smallest absolute Gasteiger partial charge is 0.255 e. The fourth-order valence-electron chi connectivity index (χ4n) is 4.66. The summed E-state index contributed by atoms with van der Waals surface area (Å²) in [6.45, 7) is 7.71. The minimum absolute atomic E-state index is 0.160. The van der Waals surface area contributed by atoms with Gasteiger partial charge in [-0.05, 0) is 94.4 Å². The maximum absolute atomic E-state index is 12.8. The molecule has 0 bridgehead atoms. The van der Waals surface area contributed by atoms with Gasteiger partial charge in [-0.2, -0.15) is 0 Å². The highest BCUT2D eigenvalue weighted by molar-refractivity contribution is 6.31. The summed E-state index contributed by atoms with van der Waals surface area (Å²) in [4.78, 5) is 22.3. The van der Waals surface area contributed by atoms with Gasteiger partial charge in [0.1, 0.15) is 0 Å². The van der Waals surface area contributed by atoms with Crippen LogP contribution in [0, 0.1) is 12.8 Å². The van der Waals surface area contributed by atoms with Crippen LogP contribution in [0.1, 0.15) is 54.4 Å². The maximum atomic E-state index is 12.8. The Labute approximate surface area is 190 Å². The monoisotopic (exact) mass is 440 g/mol. The standard InChI is InChI=1S/C25H33ClN4O/c1-19-7-8-21(18-22(19)26)25(31)28-23-6-5-12-27-24(23)30-16-10-20(11-17-30)9-15-29-13-3-2-4-14-29/h5-8,12,18,20H,2-4,9-11,13-17H2,1H3,(H,28,31). The van der Waals surface area contributed by atoms with Crippen molar-refractivity contribution in [3.63, 3.8) is 0 Å². The van der Waals surface area contributed by atoms with E-state index in [1.54, 1.807) is 18.3 Å². The van der Waals surface area contributed by atoms with Gasteiger partial charge in [-0.15, -0.1) is 0 Å². The Bertz CT molecular complexity index is 889. The molecule has 0 aliphatic carbocycles. The maximum Gasteiger partial charge on any atom is 0.255 e. The number of nitrogens with zero attached hydrogens (tertiary/aromatic N) is 3. The Balaban J connectivity index is 1.34. The third-order valence-electron chi connectivity index (χ3n) is 6.69. The first kappa shape index (κ1) is 22.1. The van der Waals surface area contributed by atoms with Crippen molar-refractivity contribution in [2.24, 2.45) is 5.92 Å². The SMILES string of the molecule is Cc1ccc(C(=O)Nc2cccnc2N2CCC(CCN3CCCCC3)CC2)cc1Cl. The molecule has 0 saturated carbocycles. The molecule has 4 rings (SSSR count). The quantitative estimate of drug-likeness (QED) is 0.654. The molecule has 0 spiro atoms. The Morgan fingerprint density at radius 2 is 1.90 bits per heavy atom. The van der Waals surface area contributed by atoms with Gasteiger partial charge in [0.25, 0.3) is 5.91 Å². The lowest BCUT2D eigenvalue weighted by Crippen LogP contribution is -2.37. The first-order chi connectivity index (χ1) is 15.1. The number of likely N-dealkylation sites (tertiary alicyclic amines) is 1. The average molecular weight is 441 g/mol. The van der Waals surface area contributed by atoms with E-state index in [1.165, 1.54) is 58.2 Å². The molecule has 2 aromatic rings. The number of pyridine rings is 1. The predicted octanol–water partition coefficient (Wildman–Crippen LogP) is 5.39. The van der Waals surface area contributed by atoms with E-state index in [-0.39, 0.29) is 5.91 Å². The van der Waals surface area contributed by atoms with Gasteiger partial charge in [0.15, 0.2) is 5.82 Å². The van der Waals surface area contributed by atoms with E-state index in [2.05, 4.69) is 20.1 Å². The number of carbonyl (C=O) groups is 1. The number of aryl methyl sites for hydroxylation is 1. The van der Waals surface area contributed by atoms with Gasteiger partial charge < -0.3 is 15.1 Å². The summed E-state index contributed by atoms with van der Waals surface area (Å²) in [7, 11) is 0. The van der Waals surface area contributed by atoms with Crippen LogP contribution in [0.2, 0.25) is 5.02 Å². The Morgan fingerprint density at radius 3 is 2.65 bits per heavy atom. The summed E-state index contributed by atoms with van der Waals surface area (Å²) in [6.07, 6.45) is 9.60. The molecule has 2 fully saturated rings. The molecule has 0 atom stereocenters. The summed E-state index contributed by atoms with van der Waals surface area (Å²) in [6, 6.07) is 9.19. The number of carbonyl (C=O) groups excluding carboxylic acids is 1. The summed E-state index contributed by atoms with van der Waals surface area (Å²) < 4.78 is 0. The highest BCUT2D eigenvalue weighted by atomic mass is 35.5. The topological polar surface area (TPSA) is 48.5 Å². The molecular weight excluding hydrogens is 408 g/mol. The number of aromatic nitrogens is 1. The highest BCUT2D eigenvalue weighted by Gasteiger charge is 2.23. The van der Waals surface area contributed by atoms with Gasteiger partial charge in [-0.25, -0.2) is 4.98 Å². The molecule has 2 aliphatic rings. The van der Waals surface area contributed by atoms with Crippen molar-refractivity contribution < 1.29 is 4.79 Å². The van der Waals surface area contributed by atoms with E-state index in [9.17, 15) is 4.79 Å². The lowest BCUT2D eigenvalue weighted by molar-refractivity contribution is 0.102. The van der Waals surface area contributed by atoms with Crippen LogP contribution in [0.25, 0.3) is 0 Å². The molecule has 1 aromatic carbocycles. The minimum Gasteiger partial charge on any atom is -0.355 e. The van der Waals surface area contributed by atoms with Crippen molar-refractivity contribution in [2.75, 3.05) is 42.9 Å². The largest absolute Gasteiger partial charge is 0.355 e. The second-order valence-corrected chi connectivity index (χ2v) is 9.32. The Morgan fingerprint density at radius 1 is 1.13 bits per heavy atom. The molecule has 6 heteroatoms. The van der Waals surface area contributed by atoms with Gasteiger partial charge in [0.05, 0.1) is 5.69 Å². The van der Waals surface area contributed by atoms with E-state index in [1.807, 2.05) is 25.1 Å². The predicted molar refractivity (Wildman–Crippen MR) is 128 cm³/mol. The molecule has 2 aliphatic heterocycles. The average Bonchev–Trinajstić information content (AvgIpc) is 2.81. The van der Waals surface area contributed by atoms with Crippen LogP contribution in [0.3, 0.4) is 0 Å². The zero-order valence-electron chi connectivity index (χ0n) is 18.4. The van der Waals surface area contributed by atoms with Crippen molar-refractivity contribution in [1.29, 1.82) is 0 Å². The number of hydrogen-bond acceptors (Lipinski definition) is 4. The Kier molecular flexibility index (Phi) is 7.46. The first-order valence-electron chi connectivity index (χ1n) is 11.6. The lowest BCUT2D eigenvalue weighted by Gasteiger charge is -2.35. The lowest BCUT2D eigenvalue weighted by atomic mass is 9.93. The number of benzene rings is 1. The molecule has 1 aromatic heterocycles. The Hall–Kier alpha value is -2.11. The summed E-state index contributed by atoms with van der Waals surface area (Å²) in [5.74, 6) is 1.49. The van der Waals surface area contributed by atoms with Gasteiger partial charge in [-0.1, -0.05) is 24.1 Å². The molecule has 31 heavy (non-hydrogen) atoms. The fraction of sp³-hybridized carbons (Fsp3) is 0.520. The fourth-order valence-corrected chi connectivity index (χ4v) is 4.84. The second kappa shape index (κ2) is 10.5. The van der Waals surface area contributed by atoms with Crippen molar-refractivity contribution in [3.05, 3.63) is 52.7 Å². The van der Waals surface area contributed by atoms with Gasteiger partial charge in [-0.3, -0.25) is 4.79 Å². The van der Waals surface area contributed by atoms with Gasteiger partial charge in [0.2, 0.25) is 0 Å².